The van der Waals surface area contributed by atoms with Crippen LogP contribution in [0.5, 0.6) is 0 Å². The predicted octanol–water partition coefficient (Wildman–Crippen LogP) is 3.36. The largest absolute Gasteiger partial charge is 0.478 e. The van der Waals surface area contributed by atoms with E-state index in [2.05, 4.69) is 38.0 Å². The van der Waals surface area contributed by atoms with Crippen LogP contribution < -0.4 is 5.32 Å². The van der Waals surface area contributed by atoms with Gasteiger partial charge < -0.3 is 10.4 Å². The number of carbonyl (C=O) groups is 1. The van der Waals surface area contributed by atoms with Crippen molar-refractivity contribution in [2.45, 2.75) is 47.0 Å². The quantitative estimate of drug-likeness (QED) is 0.891. The monoisotopic (exact) mass is 288 g/mol. The fourth-order valence-electron chi connectivity index (χ4n) is 3.81. The second-order valence-corrected chi connectivity index (χ2v) is 7.53. The number of carboxylic acid groups (broad SMARTS) is 1. The van der Waals surface area contributed by atoms with Gasteiger partial charge in [-0.15, -0.1) is 0 Å². The Labute approximate surface area is 126 Å². The number of hydrogen-bond acceptors (Lipinski definition) is 3. The summed E-state index contributed by atoms with van der Waals surface area (Å²) in [5.41, 5.74) is 3.06. The minimum Gasteiger partial charge on any atom is -0.478 e. The molecule has 2 N–H and O–H groups in total. The first-order valence-electron chi connectivity index (χ1n) is 7.75. The number of fused-ring (bicyclic) bond motifs is 1. The van der Waals surface area contributed by atoms with E-state index in [1.165, 1.54) is 0 Å². The normalized spacial score (nSPS) is 21.9. The van der Waals surface area contributed by atoms with Crippen molar-refractivity contribution < 1.29 is 9.90 Å². The molecule has 114 valence electrons. The highest BCUT2D eigenvalue weighted by Gasteiger charge is 2.64. The number of pyridine rings is 1. The Morgan fingerprint density at radius 1 is 1.33 bits per heavy atom. The van der Waals surface area contributed by atoms with Gasteiger partial charge in [-0.3, -0.25) is 0 Å². The first kappa shape index (κ1) is 14.4. The summed E-state index contributed by atoms with van der Waals surface area (Å²) in [4.78, 5) is 16.0. The molecule has 0 aromatic carbocycles. The van der Waals surface area contributed by atoms with Crippen LogP contribution in [0, 0.1) is 16.7 Å². The topological polar surface area (TPSA) is 62.2 Å². The molecule has 0 atom stereocenters. The second-order valence-electron chi connectivity index (χ2n) is 7.53. The molecular formula is C17H24N2O2. The number of nitrogens with zero attached hydrogens (tertiary/aromatic N) is 1. The third-order valence-electron chi connectivity index (χ3n) is 6.07. The first-order valence-corrected chi connectivity index (χ1v) is 7.75. The molecule has 0 aliphatic heterocycles. The lowest BCUT2D eigenvalue weighted by atomic mass is 10.0. The molecule has 0 saturated heterocycles. The Bertz CT molecular complexity index is 591. The molecule has 0 unspecified atom stereocenters. The second kappa shape index (κ2) is 4.46. The van der Waals surface area contributed by atoms with Crippen molar-refractivity contribution in [2.24, 2.45) is 16.7 Å². The van der Waals surface area contributed by atoms with E-state index >= 15 is 0 Å². The van der Waals surface area contributed by atoms with Gasteiger partial charge in [-0.2, -0.15) is 0 Å². The summed E-state index contributed by atoms with van der Waals surface area (Å²) >= 11 is 0. The van der Waals surface area contributed by atoms with E-state index < -0.39 is 5.97 Å². The van der Waals surface area contributed by atoms with Crippen molar-refractivity contribution in [2.75, 3.05) is 11.9 Å². The van der Waals surface area contributed by atoms with E-state index in [4.69, 9.17) is 0 Å². The first-order chi connectivity index (χ1) is 9.75. The molecule has 4 heteroatoms. The van der Waals surface area contributed by atoms with Crippen LogP contribution in [0.15, 0.2) is 6.07 Å². The molecule has 1 aromatic rings. The van der Waals surface area contributed by atoms with Crippen molar-refractivity contribution in [1.29, 1.82) is 0 Å². The molecule has 1 aromatic heterocycles. The lowest BCUT2D eigenvalue weighted by molar-refractivity contribution is 0.0697. The van der Waals surface area contributed by atoms with Crippen molar-refractivity contribution >= 4 is 11.8 Å². The van der Waals surface area contributed by atoms with Crippen LogP contribution >= 0.6 is 0 Å². The van der Waals surface area contributed by atoms with Crippen LogP contribution in [-0.2, 0) is 12.8 Å². The molecule has 0 radical (unpaired) electrons. The summed E-state index contributed by atoms with van der Waals surface area (Å²) in [5, 5.41) is 12.7. The number of aromatic nitrogens is 1. The highest BCUT2D eigenvalue weighted by atomic mass is 16.4. The smallest absolute Gasteiger partial charge is 0.339 e. The summed E-state index contributed by atoms with van der Waals surface area (Å²) in [5.74, 6) is 0.192. The van der Waals surface area contributed by atoms with Gasteiger partial charge in [0.1, 0.15) is 11.4 Å². The Morgan fingerprint density at radius 2 is 2.00 bits per heavy atom. The molecule has 3 rings (SSSR count). The Hall–Kier alpha value is -1.58. The maximum Gasteiger partial charge on any atom is 0.339 e. The summed E-state index contributed by atoms with van der Waals surface area (Å²) in [6.07, 6.45) is 2.99. The van der Waals surface area contributed by atoms with Crippen molar-refractivity contribution in [3.63, 3.8) is 0 Å². The fraction of sp³-hybridized carbons (Fsp3) is 0.647. The molecule has 4 nitrogen and oxygen atoms in total. The third kappa shape index (κ3) is 2.12. The van der Waals surface area contributed by atoms with Gasteiger partial charge >= 0.3 is 5.97 Å². The molecule has 0 spiro atoms. The minimum atomic E-state index is -0.894. The number of aryl methyl sites for hydroxylation is 2. The molecule has 1 saturated carbocycles. The summed E-state index contributed by atoms with van der Waals surface area (Å²) in [6, 6.07) is 1.81. The van der Waals surface area contributed by atoms with E-state index in [0.717, 1.165) is 37.1 Å². The average molecular weight is 288 g/mol. The van der Waals surface area contributed by atoms with Crippen LogP contribution in [0.1, 0.15) is 55.7 Å². The number of hydrogen-bond donors (Lipinski definition) is 2. The van der Waals surface area contributed by atoms with E-state index in [1.54, 1.807) is 0 Å². The van der Waals surface area contributed by atoms with E-state index in [9.17, 15) is 9.90 Å². The van der Waals surface area contributed by atoms with Gasteiger partial charge in [0.2, 0.25) is 0 Å². The van der Waals surface area contributed by atoms with Gasteiger partial charge in [-0.25, -0.2) is 9.78 Å². The van der Waals surface area contributed by atoms with Crippen LogP contribution in [0.2, 0.25) is 0 Å². The van der Waals surface area contributed by atoms with E-state index in [0.29, 0.717) is 28.1 Å². The SMILES string of the molecule is CC1(C)C(CNc2nc3c(cc2C(=O)O)CCC3)C1(C)C. The molecular weight excluding hydrogens is 264 g/mol. The van der Waals surface area contributed by atoms with E-state index in [-0.39, 0.29) is 0 Å². The van der Waals surface area contributed by atoms with Gasteiger partial charge in [-0.1, -0.05) is 27.7 Å². The standard InChI is InChI=1S/C17H24N2O2/c1-16(2)13(17(16,3)4)9-18-14-11(15(20)21)8-10-6-5-7-12(10)19-14/h8,13H,5-7,9H2,1-4H3,(H,18,19)(H,20,21). The van der Waals surface area contributed by atoms with Crippen LogP contribution in [0.25, 0.3) is 0 Å². The molecule has 1 heterocycles. The number of aromatic carboxylic acids is 1. The number of carboxylic acids is 1. The molecule has 0 amide bonds. The van der Waals surface area contributed by atoms with Gasteiger partial charge in [0.15, 0.2) is 0 Å². The maximum atomic E-state index is 11.5. The number of nitrogens with one attached hydrogen (secondary N) is 1. The molecule has 21 heavy (non-hydrogen) atoms. The zero-order valence-electron chi connectivity index (χ0n) is 13.3. The van der Waals surface area contributed by atoms with Gasteiger partial charge in [0.25, 0.3) is 0 Å². The third-order valence-corrected chi connectivity index (χ3v) is 6.07. The van der Waals surface area contributed by atoms with Crippen molar-refractivity contribution in [1.82, 2.24) is 4.98 Å². The highest BCUT2D eigenvalue weighted by Crippen LogP contribution is 2.68. The summed E-state index contributed by atoms with van der Waals surface area (Å²) in [7, 11) is 0. The Morgan fingerprint density at radius 3 is 2.57 bits per heavy atom. The average Bonchev–Trinajstić information content (AvgIpc) is 2.74. The van der Waals surface area contributed by atoms with E-state index in [1.807, 2.05) is 6.07 Å². The predicted molar refractivity (Wildman–Crippen MR) is 82.8 cm³/mol. The zero-order chi connectivity index (χ0) is 15.4. The van der Waals surface area contributed by atoms with Gasteiger partial charge in [0, 0.05) is 12.2 Å². The van der Waals surface area contributed by atoms with Crippen molar-refractivity contribution in [3.8, 4) is 0 Å². The van der Waals surface area contributed by atoms with Crippen LogP contribution in [-0.4, -0.2) is 22.6 Å². The van der Waals surface area contributed by atoms with Crippen LogP contribution in [0.3, 0.4) is 0 Å². The molecule has 1 fully saturated rings. The van der Waals surface area contributed by atoms with Gasteiger partial charge in [-0.05, 0) is 47.6 Å². The Balaban J connectivity index is 1.81. The maximum absolute atomic E-state index is 11.5. The molecule has 2 aliphatic carbocycles. The highest BCUT2D eigenvalue weighted by molar-refractivity contribution is 5.93. The van der Waals surface area contributed by atoms with Crippen molar-refractivity contribution in [3.05, 3.63) is 22.9 Å². The van der Waals surface area contributed by atoms with Crippen LogP contribution in [0.4, 0.5) is 5.82 Å². The lowest BCUT2D eigenvalue weighted by Gasteiger charge is -2.12. The molecule has 2 aliphatic rings. The lowest BCUT2D eigenvalue weighted by Crippen LogP contribution is -2.14. The molecule has 0 bridgehead atoms. The van der Waals surface area contributed by atoms with Gasteiger partial charge in [0.05, 0.1) is 0 Å². The minimum absolute atomic E-state index is 0.292. The zero-order valence-corrected chi connectivity index (χ0v) is 13.3. The number of anilines is 1. The summed E-state index contributed by atoms with van der Waals surface area (Å²) < 4.78 is 0. The summed E-state index contributed by atoms with van der Waals surface area (Å²) in [6.45, 7) is 9.87. The number of rotatable bonds is 4. The fourth-order valence-corrected chi connectivity index (χ4v) is 3.81. The Kier molecular flexibility index (Phi) is 3.05.